The van der Waals surface area contributed by atoms with E-state index in [1.54, 1.807) is 20.3 Å². The number of hydrogen-bond acceptors (Lipinski definition) is 6. The van der Waals surface area contributed by atoms with E-state index in [-0.39, 0.29) is 11.7 Å². The predicted molar refractivity (Wildman–Crippen MR) is 116 cm³/mol. The quantitative estimate of drug-likeness (QED) is 0.432. The van der Waals surface area contributed by atoms with Crippen molar-refractivity contribution in [1.82, 2.24) is 20.4 Å². The Morgan fingerprint density at radius 2 is 2.00 bits per heavy atom. The molecule has 2 N–H and O–H groups in total. The molecular weight excluding hydrogens is 420 g/mol. The van der Waals surface area contributed by atoms with Crippen molar-refractivity contribution in [1.29, 1.82) is 0 Å². The second-order valence-electron chi connectivity index (χ2n) is 6.89. The predicted octanol–water partition coefficient (Wildman–Crippen LogP) is 3.78. The summed E-state index contributed by atoms with van der Waals surface area (Å²) in [5, 5.41) is 8.32. The van der Waals surface area contributed by atoms with Crippen molar-refractivity contribution in [2.75, 3.05) is 20.8 Å². The molecule has 0 saturated heterocycles. The molecule has 2 aromatic carbocycles. The number of nitrogens with zero attached hydrogens (tertiary/aromatic N) is 2. The molecule has 0 unspecified atom stereocenters. The van der Waals surface area contributed by atoms with Gasteiger partial charge in [-0.25, -0.2) is 0 Å². The van der Waals surface area contributed by atoms with Crippen molar-refractivity contribution in [3.63, 3.8) is 0 Å². The highest BCUT2D eigenvalue weighted by Crippen LogP contribution is 2.28. The summed E-state index contributed by atoms with van der Waals surface area (Å²) in [4.78, 5) is 19.8. The first-order valence-corrected chi connectivity index (χ1v) is 10.0. The molecule has 0 fully saturated rings. The molecule has 9 heteroatoms. The number of aromatic nitrogens is 3. The van der Waals surface area contributed by atoms with Crippen LogP contribution < -0.4 is 14.8 Å². The Bertz CT molecular complexity index is 1220. The van der Waals surface area contributed by atoms with Crippen molar-refractivity contribution in [2.24, 2.45) is 0 Å². The van der Waals surface area contributed by atoms with Crippen molar-refractivity contribution >= 4 is 28.4 Å². The Kier molecular flexibility index (Phi) is 6.08. The van der Waals surface area contributed by atoms with Gasteiger partial charge in [0, 0.05) is 28.7 Å². The molecule has 0 bridgehead atoms. The molecule has 0 aliphatic rings. The van der Waals surface area contributed by atoms with Crippen LogP contribution in [-0.4, -0.2) is 41.8 Å². The summed E-state index contributed by atoms with van der Waals surface area (Å²) >= 11 is 6.08. The topological polar surface area (TPSA) is 102 Å². The lowest BCUT2D eigenvalue weighted by molar-refractivity contribution is 0.0941. The number of carbonyl (C=O) groups is 1. The van der Waals surface area contributed by atoms with E-state index in [0.717, 1.165) is 22.0 Å². The number of nitrogens with one attached hydrogen (secondary N) is 2. The van der Waals surface area contributed by atoms with Gasteiger partial charge < -0.3 is 24.3 Å². The first-order valence-electron chi connectivity index (χ1n) is 9.64. The molecule has 4 rings (SSSR count). The maximum Gasteiger partial charge on any atom is 0.292 e. The molecule has 8 nitrogen and oxygen atoms in total. The normalized spacial score (nSPS) is 10.9. The molecule has 0 saturated carbocycles. The van der Waals surface area contributed by atoms with E-state index in [1.807, 2.05) is 36.5 Å². The van der Waals surface area contributed by atoms with Crippen LogP contribution in [0.4, 0.5) is 0 Å². The van der Waals surface area contributed by atoms with Crippen molar-refractivity contribution in [2.45, 2.75) is 12.8 Å². The Balaban J connectivity index is 1.35. The van der Waals surface area contributed by atoms with Crippen LogP contribution in [0.3, 0.4) is 0 Å². The molecular formula is C22H21ClN4O4. The minimum atomic E-state index is -0.389. The van der Waals surface area contributed by atoms with Crippen LogP contribution in [-0.2, 0) is 12.8 Å². The van der Waals surface area contributed by atoms with Gasteiger partial charge in [0.2, 0.25) is 5.89 Å². The van der Waals surface area contributed by atoms with E-state index < -0.39 is 0 Å². The maximum absolute atomic E-state index is 12.4. The van der Waals surface area contributed by atoms with E-state index >= 15 is 0 Å². The van der Waals surface area contributed by atoms with Crippen LogP contribution in [0.2, 0.25) is 5.02 Å². The summed E-state index contributed by atoms with van der Waals surface area (Å²) in [7, 11) is 3.15. The van der Waals surface area contributed by atoms with E-state index in [0.29, 0.717) is 41.8 Å². The zero-order chi connectivity index (χ0) is 21.8. The highest BCUT2D eigenvalue weighted by atomic mass is 35.5. The summed E-state index contributed by atoms with van der Waals surface area (Å²) in [6.45, 7) is 0.428. The van der Waals surface area contributed by atoms with Crippen LogP contribution in [0.1, 0.15) is 27.6 Å². The summed E-state index contributed by atoms with van der Waals surface area (Å²) in [6.07, 6.45) is 2.93. The highest BCUT2D eigenvalue weighted by Gasteiger charge is 2.16. The lowest BCUT2D eigenvalue weighted by Gasteiger charge is -2.08. The third kappa shape index (κ3) is 4.64. The van der Waals surface area contributed by atoms with Gasteiger partial charge in [-0.1, -0.05) is 22.8 Å². The number of benzene rings is 2. The summed E-state index contributed by atoms with van der Waals surface area (Å²) in [5.74, 6) is 1.19. The molecule has 0 radical (unpaired) electrons. The summed E-state index contributed by atoms with van der Waals surface area (Å²) in [6, 6.07) is 11.2. The summed E-state index contributed by atoms with van der Waals surface area (Å²) < 4.78 is 15.8. The zero-order valence-corrected chi connectivity index (χ0v) is 17.8. The van der Waals surface area contributed by atoms with E-state index in [9.17, 15) is 4.79 Å². The average Bonchev–Trinajstić information content (AvgIpc) is 3.40. The van der Waals surface area contributed by atoms with Crippen molar-refractivity contribution in [3.05, 3.63) is 70.5 Å². The smallest absolute Gasteiger partial charge is 0.292 e. The highest BCUT2D eigenvalue weighted by molar-refractivity contribution is 6.31. The number of carbonyl (C=O) groups excluding carboxylic acids is 1. The second kappa shape index (κ2) is 9.09. The monoisotopic (exact) mass is 440 g/mol. The van der Waals surface area contributed by atoms with Gasteiger partial charge in [0.1, 0.15) is 0 Å². The fourth-order valence-corrected chi connectivity index (χ4v) is 3.50. The fourth-order valence-electron chi connectivity index (χ4n) is 3.33. The van der Waals surface area contributed by atoms with Gasteiger partial charge in [-0.3, -0.25) is 4.79 Å². The van der Waals surface area contributed by atoms with Crippen LogP contribution >= 0.6 is 11.6 Å². The third-order valence-electron chi connectivity index (χ3n) is 4.88. The van der Waals surface area contributed by atoms with Crippen LogP contribution in [0.25, 0.3) is 10.9 Å². The van der Waals surface area contributed by atoms with Gasteiger partial charge >= 0.3 is 0 Å². The molecule has 0 atom stereocenters. The maximum atomic E-state index is 12.4. The number of rotatable bonds is 8. The molecule has 1 amide bonds. The number of amides is 1. The Morgan fingerprint density at radius 1 is 1.16 bits per heavy atom. The molecule has 4 aromatic rings. The molecule has 160 valence electrons. The van der Waals surface area contributed by atoms with Crippen molar-refractivity contribution in [3.8, 4) is 11.5 Å². The largest absolute Gasteiger partial charge is 0.493 e. The Labute approximate surface area is 183 Å². The first-order chi connectivity index (χ1) is 15.1. The van der Waals surface area contributed by atoms with Gasteiger partial charge in [0.25, 0.3) is 11.7 Å². The molecule has 0 aliphatic carbocycles. The number of aromatic amines is 1. The van der Waals surface area contributed by atoms with Crippen LogP contribution in [0.5, 0.6) is 11.5 Å². The number of hydrogen-bond donors (Lipinski definition) is 2. The number of ether oxygens (including phenoxy) is 2. The Hall–Kier alpha value is -3.52. The van der Waals surface area contributed by atoms with Crippen LogP contribution in [0, 0.1) is 0 Å². The number of methoxy groups -OCH3 is 2. The SMILES string of the molecule is COc1ccc(Cc2nc(C(=O)NCCc3c[nH]c4ccc(Cl)cc34)no2)cc1OC. The van der Waals surface area contributed by atoms with Gasteiger partial charge in [-0.2, -0.15) is 4.98 Å². The molecule has 0 aliphatic heterocycles. The summed E-state index contributed by atoms with van der Waals surface area (Å²) in [5.41, 5.74) is 2.97. The van der Waals surface area contributed by atoms with Gasteiger partial charge in [0.15, 0.2) is 11.5 Å². The van der Waals surface area contributed by atoms with E-state index in [2.05, 4.69) is 20.4 Å². The second-order valence-corrected chi connectivity index (χ2v) is 7.32. The fraction of sp³-hybridized carbons (Fsp3) is 0.227. The standard InChI is InChI=1S/C22H21ClN4O4/c1-29-18-6-3-13(9-19(18)30-2)10-20-26-21(27-31-20)22(28)24-8-7-14-12-25-17-5-4-15(23)11-16(14)17/h3-6,9,11-12,25H,7-8,10H2,1-2H3,(H,24,28). The lowest BCUT2D eigenvalue weighted by Crippen LogP contribution is -2.26. The van der Waals surface area contributed by atoms with E-state index in [4.69, 9.17) is 25.6 Å². The van der Waals surface area contributed by atoms with Crippen molar-refractivity contribution < 1.29 is 18.8 Å². The van der Waals surface area contributed by atoms with Gasteiger partial charge in [-0.15, -0.1) is 0 Å². The van der Waals surface area contributed by atoms with Crippen LogP contribution in [0.15, 0.2) is 47.1 Å². The number of fused-ring (bicyclic) bond motifs is 1. The molecule has 0 spiro atoms. The van der Waals surface area contributed by atoms with Gasteiger partial charge in [-0.05, 0) is 47.9 Å². The zero-order valence-electron chi connectivity index (χ0n) is 17.1. The third-order valence-corrected chi connectivity index (χ3v) is 5.12. The Morgan fingerprint density at radius 3 is 2.81 bits per heavy atom. The minimum Gasteiger partial charge on any atom is -0.493 e. The first kappa shape index (κ1) is 20.7. The van der Waals surface area contributed by atoms with E-state index in [1.165, 1.54) is 0 Å². The molecule has 31 heavy (non-hydrogen) atoms. The number of H-pyrrole nitrogens is 1. The van der Waals surface area contributed by atoms with Gasteiger partial charge in [0.05, 0.1) is 20.6 Å². The minimum absolute atomic E-state index is 0.00236. The molecule has 2 aromatic heterocycles. The average molecular weight is 441 g/mol. The molecule has 2 heterocycles. The lowest BCUT2D eigenvalue weighted by atomic mass is 10.1. The number of halogens is 1.